The second-order valence-electron chi connectivity index (χ2n) is 11.4. The maximum Gasteiger partial charge on any atom is 0.332 e. The maximum absolute atomic E-state index is 13.1. The van der Waals surface area contributed by atoms with Crippen molar-refractivity contribution >= 4 is 45.8 Å². The van der Waals surface area contributed by atoms with Crippen LogP contribution in [0.2, 0.25) is 0 Å². The Morgan fingerprint density at radius 3 is 2.46 bits per heavy atom. The predicted octanol–water partition coefficient (Wildman–Crippen LogP) is -2.36. The molecule has 21 nitrogen and oxygen atoms in total. The molecule has 1 unspecified atom stereocenters. The van der Waals surface area contributed by atoms with Gasteiger partial charge < -0.3 is 40.6 Å². The lowest BCUT2D eigenvalue weighted by molar-refractivity contribution is -0.137. The molecule has 6 rings (SSSR count). The van der Waals surface area contributed by atoms with E-state index in [1.54, 1.807) is 20.9 Å². The van der Waals surface area contributed by atoms with Crippen molar-refractivity contribution < 1.29 is 29.3 Å². The highest BCUT2D eigenvalue weighted by atomic mass is 16.6. The molecule has 1 fully saturated rings. The zero-order valence-electron chi connectivity index (χ0n) is 27.5. The first-order chi connectivity index (χ1) is 23.9. The fourth-order valence-electron chi connectivity index (χ4n) is 5.63. The smallest absolute Gasteiger partial charge is 0.332 e. The van der Waals surface area contributed by atoms with Gasteiger partial charge in [-0.2, -0.15) is 9.97 Å². The number of aliphatic hydroxyl groups excluding tert-OH is 2. The average molecular weight is 694 g/mol. The fourth-order valence-corrected chi connectivity index (χ4v) is 5.63. The molecule has 21 heteroatoms. The standard InChI is InChI=1S/C29H35N13O8/c1-5-31-24(46)19-17(44)18(45)26(50-19)42-12-35-15-20(30)36-27(38-22(15)42)32-7-8-49-28-33-10-13(11-34-28)9-14(43)21-37-23-16(39(21)3)25(47)40(4)29(48)41(23)6-2/h10-12,17-19,26,44-45H,5-9H2,1-4H3,(H,31,46)(H3,30,32,36,38)/t17-,18+,19?,26+/m0/s1. The van der Waals surface area contributed by atoms with E-state index in [1.165, 1.54) is 39.5 Å². The van der Waals surface area contributed by atoms with Gasteiger partial charge in [0.2, 0.25) is 11.7 Å². The van der Waals surface area contributed by atoms with Gasteiger partial charge in [0.25, 0.3) is 11.5 Å². The number of amides is 1. The summed E-state index contributed by atoms with van der Waals surface area (Å²) in [5.74, 6) is -0.785. The van der Waals surface area contributed by atoms with E-state index < -0.39 is 47.5 Å². The van der Waals surface area contributed by atoms with Crippen LogP contribution in [0.5, 0.6) is 6.01 Å². The number of rotatable bonds is 12. The van der Waals surface area contributed by atoms with E-state index >= 15 is 0 Å². The third-order valence-corrected chi connectivity index (χ3v) is 8.16. The Hall–Kier alpha value is -5.80. The molecule has 1 amide bonds. The molecule has 6 heterocycles. The first kappa shape index (κ1) is 34.1. The second-order valence-corrected chi connectivity index (χ2v) is 11.4. The van der Waals surface area contributed by atoms with Crippen LogP contribution >= 0.6 is 0 Å². The van der Waals surface area contributed by atoms with E-state index in [0.29, 0.717) is 12.1 Å². The Bertz CT molecular complexity index is 2210. The van der Waals surface area contributed by atoms with Crippen LogP contribution in [0.25, 0.3) is 22.3 Å². The molecule has 50 heavy (non-hydrogen) atoms. The van der Waals surface area contributed by atoms with Crippen LogP contribution in [0.3, 0.4) is 0 Å². The van der Waals surface area contributed by atoms with Crippen LogP contribution in [0.1, 0.15) is 36.3 Å². The molecular weight excluding hydrogens is 658 g/mol. The summed E-state index contributed by atoms with van der Waals surface area (Å²) in [6.45, 7) is 4.33. The van der Waals surface area contributed by atoms with Gasteiger partial charge in [-0.15, -0.1) is 0 Å². The Kier molecular flexibility index (Phi) is 9.27. The van der Waals surface area contributed by atoms with Gasteiger partial charge in [-0.05, 0) is 19.4 Å². The number of ketones is 1. The lowest BCUT2D eigenvalue weighted by Crippen LogP contribution is -2.42. The van der Waals surface area contributed by atoms with Gasteiger partial charge in [-0.1, -0.05) is 0 Å². The lowest BCUT2D eigenvalue weighted by atomic mass is 10.1. The van der Waals surface area contributed by atoms with E-state index in [4.69, 9.17) is 15.2 Å². The first-order valence-corrected chi connectivity index (χ1v) is 15.6. The molecule has 264 valence electrons. The summed E-state index contributed by atoms with van der Waals surface area (Å²) in [4.78, 5) is 76.1. The van der Waals surface area contributed by atoms with Gasteiger partial charge in [-0.3, -0.25) is 28.1 Å². The molecule has 0 spiro atoms. The molecule has 5 aromatic rings. The number of nitrogens with two attached hydrogens (primary N) is 1. The lowest BCUT2D eigenvalue weighted by Gasteiger charge is -2.16. The Labute approximate surface area is 281 Å². The monoisotopic (exact) mass is 693 g/mol. The van der Waals surface area contributed by atoms with Crippen LogP contribution in [0, 0.1) is 0 Å². The number of hydrogen-bond acceptors (Lipinski definition) is 16. The molecule has 1 aliphatic rings. The molecule has 1 aliphatic heterocycles. The van der Waals surface area contributed by atoms with Gasteiger partial charge in [0.05, 0.1) is 12.9 Å². The van der Waals surface area contributed by atoms with Crippen LogP contribution < -0.4 is 32.4 Å². The number of imidazole rings is 2. The van der Waals surface area contributed by atoms with Crippen molar-refractivity contribution in [3.8, 4) is 6.01 Å². The molecule has 6 N–H and O–H groups in total. The third-order valence-electron chi connectivity index (χ3n) is 8.16. The van der Waals surface area contributed by atoms with Gasteiger partial charge in [0.1, 0.15) is 24.3 Å². The minimum absolute atomic E-state index is 0.0218. The summed E-state index contributed by atoms with van der Waals surface area (Å²) in [5, 5.41) is 26.6. The van der Waals surface area contributed by atoms with Crippen molar-refractivity contribution in [2.45, 2.75) is 51.4 Å². The van der Waals surface area contributed by atoms with Crippen LogP contribution in [0.15, 0.2) is 28.3 Å². The van der Waals surface area contributed by atoms with Crippen molar-refractivity contribution in [3.05, 3.63) is 50.9 Å². The number of hydrogen-bond donors (Lipinski definition) is 5. The number of nitrogens with zero attached hydrogens (tertiary/aromatic N) is 10. The largest absolute Gasteiger partial charge is 0.462 e. The number of carbonyl (C=O) groups is 2. The molecular formula is C29H35N13O8. The summed E-state index contributed by atoms with van der Waals surface area (Å²) in [5.41, 5.74) is 6.23. The number of aromatic nitrogens is 10. The van der Waals surface area contributed by atoms with Crippen molar-refractivity contribution in [3.63, 3.8) is 0 Å². The van der Waals surface area contributed by atoms with Crippen molar-refractivity contribution in [2.24, 2.45) is 14.1 Å². The Morgan fingerprint density at radius 2 is 1.76 bits per heavy atom. The van der Waals surface area contributed by atoms with Gasteiger partial charge in [0.15, 0.2) is 40.8 Å². The summed E-state index contributed by atoms with van der Waals surface area (Å²) in [6, 6.07) is 0.0442. The van der Waals surface area contributed by atoms with E-state index in [2.05, 4.69) is 40.5 Å². The summed E-state index contributed by atoms with van der Waals surface area (Å²) < 4.78 is 16.4. The number of ether oxygens (including phenoxy) is 2. The number of anilines is 2. The highest BCUT2D eigenvalue weighted by molar-refractivity contribution is 5.97. The molecule has 0 radical (unpaired) electrons. The van der Waals surface area contributed by atoms with Gasteiger partial charge >= 0.3 is 11.7 Å². The third kappa shape index (κ3) is 6.01. The minimum Gasteiger partial charge on any atom is -0.462 e. The van der Waals surface area contributed by atoms with Gasteiger partial charge in [-0.25, -0.2) is 24.7 Å². The number of nitrogens with one attached hydrogen (secondary N) is 2. The van der Waals surface area contributed by atoms with E-state index in [0.717, 1.165) is 4.57 Å². The quantitative estimate of drug-likeness (QED) is 0.0675. The summed E-state index contributed by atoms with van der Waals surface area (Å²) in [6.07, 6.45) is -1.30. The van der Waals surface area contributed by atoms with E-state index in [9.17, 15) is 29.4 Å². The number of aliphatic hydroxyl groups is 2. The number of carbonyl (C=O) groups excluding carboxylic acids is 2. The number of fused-ring (bicyclic) bond motifs is 2. The average Bonchev–Trinajstić information content (AvgIpc) is 3.76. The maximum atomic E-state index is 13.1. The fraction of sp³-hybridized carbons (Fsp3) is 0.448. The molecule has 4 atom stereocenters. The zero-order valence-corrected chi connectivity index (χ0v) is 27.5. The number of likely N-dealkylation sites (N-methyl/N-ethyl adjacent to an activating group) is 1. The number of Topliss-reactive ketones (excluding diaryl/α,β-unsaturated/α-hetero) is 1. The van der Waals surface area contributed by atoms with Crippen LogP contribution in [-0.2, 0) is 36.6 Å². The first-order valence-electron chi connectivity index (χ1n) is 15.6. The Balaban J connectivity index is 1.07. The molecule has 0 aromatic carbocycles. The zero-order chi connectivity index (χ0) is 35.9. The van der Waals surface area contributed by atoms with E-state index in [-0.39, 0.29) is 72.0 Å². The van der Waals surface area contributed by atoms with Crippen molar-refractivity contribution in [1.82, 2.24) is 53.5 Å². The van der Waals surface area contributed by atoms with Crippen LogP contribution in [0.4, 0.5) is 11.8 Å². The summed E-state index contributed by atoms with van der Waals surface area (Å²) >= 11 is 0. The van der Waals surface area contributed by atoms with Gasteiger partial charge in [0, 0.05) is 46.0 Å². The minimum atomic E-state index is -1.48. The number of nitrogen functional groups attached to an aromatic ring is 1. The van der Waals surface area contributed by atoms with Crippen molar-refractivity contribution in [2.75, 3.05) is 30.7 Å². The summed E-state index contributed by atoms with van der Waals surface area (Å²) in [7, 11) is 2.92. The molecule has 5 aromatic heterocycles. The molecule has 0 saturated carbocycles. The van der Waals surface area contributed by atoms with E-state index in [1.807, 2.05) is 0 Å². The Morgan fingerprint density at radius 1 is 1.02 bits per heavy atom. The topological polar surface area (TPSA) is 274 Å². The molecule has 0 aliphatic carbocycles. The normalized spacial score (nSPS) is 18.9. The highest BCUT2D eigenvalue weighted by Crippen LogP contribution is 2.32. The molecule has 0 bridgehead atoms. The van der Waals surface area contributed by atoms with Crippen LogP contribution in [-0.4, -0.2) is 108 Å². The molecule has 1 saturated heterocycles. The highest BCUT2D eigenvalue weighted by Gasteiger charge is 2.47. The second kappa shape index (κ2) is 13.6. The number of aryl methyl sites for hydroxylation is 2. The van der Waals surface area contributed by atoms with Crippen molar-refractivity contribution in [1.29, 1.82) is 0 Å². The predicted molar refractivity (Wildman–Crippen MR) is 174 cm³/mol. The SMILES string of the molecule is CCNC(=O)C1O[C@@H](n2cnc3c(N)nc(NCCOc4ncc(CC(=O)c5nc6c(c(=O)n(C)c(=O)n6CC)n5C)cn4)nc32)[C@H](O)[C@@H]1O.